The van der Waals surface area contributed by atoms with Gasteiger partial charge in [-0.15, -0.1) is 13.2 Å². The van der Waals surface area contributed by atoms with Gasteiger partial charge in [-0.05, 0) is 52.7 Å². The van der Waals surface area contributed by atoms with E-state index in [1.54, 1.807) is 28.9 Å². The van der Waals surface area contributed by atoms with Gasteiger partial charge in [0.05, 0.1) is 30.6 Å². The number of aliphatic hydroxyl groups excluding tert-OH is 1. The molecule has 6 atom stereocenters. The van der Waals surface area contributed by atoms with Crippen LogP contribution in [0.2, 0.25) is 0 Å². The minimum Gasteiger partial charge on any atom is -0.394 e. The van der Waals surface area contributed by atoms with Crippen molar-refractivity contribution in [3.05, 3.63) is 55.6 Å². The van der Waals surface area contributed by atoms with Crippen molar-refractivity contribution in [1.29, 1.82) is 0 Å². The number of anilines is 1. The maximum absolute atomic E-state index is 14.2. The molecule has 3 aliphatic rings. The van der Waals surface area contributed by atoms with E-state index in [0.29, 0.717) is 25.1 Å². The van der Waals surface area contributed by atoms with Crippen molar-refractivity contribution in [3.63, 3.8) is 0 Å². The molecule has 8 nitrogen and oxygen atoms in total. The van der Waals surface area contributed by atoms with Crippen LogP contribution < -0.4 is 4.90 Å². The van der Waals surface area contributed by atoms with Crippen LogP contribution in [0.15, 0.2) is 55.6 Å². The predicted molar refractivity (Wildman–Crippen MR) is 142 cm³/mol. The van der Waals surface area contributed by atoms with Gasteiger partial charge in [0.2, 0.25) is 17.7 Å². The number of likely N-dealkylation sites (tertiary alicyclic amines) is 1. The molecule has 3 aliphatic heterocycles. The third kappa shape index (κ3) is 4.30. The molecule has 0 aromatic heterocycles. The molecule has 200 valence electrons. The molecule has 1 aromatic carbocycles. The van der Waals surface area contributed by atoms with Crippen LogP contribution in [0, 0.1) is 11.8 Å². The molecule has 3 fully saturated rings. The molecule has 0 saturated carbocycles. The lowest BCUT2D eigenvalue weighted by Crippen LogP contribution is -2.61. The molecule has 8 heteroatoms. The van der Waals surface area contributed by atoms with E-state index in [2.05, 4.69) is 13.2 Å². The third-order valence-corrected chi connectivity index (χ3v) is 8.03. The van der Waals surface area contributed by atoms with Crippen molar-refractivity contribution < 1.29 is 24.2 Å². The lowest BCUT2D eigenvalue weighted by molar-refractivity contribution is -0.153. The van der Waals surface area contributed by atoms with Crippen LogP contribution in [-0.2, 0) is 19.1 Å². The summed E-state index contributed by atoms with van der Waals surface area (Å²) in [5.41, 5.74) is -0.936. The zero-order valence-electron chi connectivity index (χ0n) is 22.3. The number of hydrogen-bond acceptors (Lipinski definition) is 5. The van der Waals surface area contributed by atoms with Crippen molar-refractivity contribution in [2.75, 3.05) is 24.6 Å². The number of carbonyl (C=O) groups excluding carboxylic acids is 3. The Morgan fingerprint density at radius 3 is 2.41 bits per heavy atom. The topological polar surface area (TPSA) is 90.4 Å². The lowest BCUT2D eigenvalue weighted by atomic mass is 9.70. The van der Waals surface area contributed by atoms with Crippen LogP contribution in [0.25, 0.3) is 0 Å². The number of benzene rings is 1. The molecule has 2 bridgehead atoms. The van der Waals surface area contributed by atoms with Gasteiger partial charge in [0.1, 0.15) is 11.6 Å². The van der Waals surface area contributed by atoms with E-state index in [1.807, 2.05) is 51.1 Å². The number of aliphatic hydroxyl groups is 1. The normalized spacial score (nSPS) is 29.1. The summed E-state index contributed by atoms with van der Waals surface area (Å²) >= 11 is 0. The van der Waals surface area contributed by atoms with Crippen molar-refractivity contribution in [2.45, 2.75) is 69.9 Å². The molecule has 3 saturated heterocycles. The molecular weight excluding hydrogens is 470 g/mol. The number of fused-ring (bicyclic) bond motifs is 1. The van der Waals surface area contributed by atoms with Gasteiger partial charge >= 0.3 is 0 Å². The maximum atomic E-state index is 14.2. The highest BCUT2D eigenvalue weighted by molar-refractivity contribution is 6.03. The second-order valence-corrected chi connectivity index (χ2v) is 11.3. The van der Waals surface area contributed by atoms with Gasteiger partial charge in [-0.25, -0.2) is 0 Å². The SMILES string of the molecule is C=CCN(C(=O)[C@@H]1[C@@H]2CCC3(O2)C(C(=O)N(CC=C)C(C)(C)C)N([C@H](C)CO)C(=O)[C@H]13)c1ccccc1. The summed E-state index contributed by atoms with van der Waals surface area (Å²) in [7, 11) is 0. The van der Waals surface area contributed by atoms with Crippen LogP contribution in [0.1, 0.15) is 40.5 Å². The van der Waals surface area contributed by atoms with Crippen molar-refractivity contribution in [2.24, 2.45) is 11.8 Å². The predicted octanol–water partition coefficient (Wildman–Crippen LogP) is 2.77. The van der Waals surface area contributed by atoms with Crippen LogP contribution in [0.4, 0.5) is 5.69 Å². The van der Waals surface area contributed by atoms with Crippen LogP contribution in [-0.4, -0.2) is 81.7 Å². The molecule has 4 rings (SSSR count). The first-order valence-electron chi connectivity index (χ1n) is 13.0. The Bertz CT molecular complexity index is 1070. The van der Waals surface area contributed by atoms with E-state index in [0.717, 1.165) is 0 Å². The zero-order valence-corrected chi connectivity index (χ0v) is 22.3. The number of ether oxygens (including phenoxy) is 1. The summed E-state index contributed by atoms with van der Waals surface area (Å²) in [5.74, 6) is -2.29. The summed E-state index contributed by atoms with van der Waals surface area (Å²) in [6.07, 6.45) is 3.96. The fourth-order valence-electron chi connectivity index (χ4n) is 6.42. The highest BCUT2D eigenvalue weighted by atomic mass is 16.5. The Morgan fingerprint density at radius 1 is 1.19 bits per heavy atom. The molecule has 2 unspecified atom stereocenters. The molecule has 1 spiro atoms. The van der Waals surface area contributed by atoms with Gasteiger partial charge in [-0.2, -0.15) is 0 Å². The van der Waals surface area contributed by atoms with Crippen LogP contribution >= 0.6 is 0 Å². The Labute approximate surface area is 219 Å². The minimum atomic E-state index is -1.12. The summed E-state index contributed by atoms with van der Waals surface area (Å²) in [4.78, 5) is 47.3. The van der Waals surface area contributed by atoms with E-state index in [9.17, 15) is 19.5 Å². The molecule has 3 heterocycles. The standard InChI is InChI=1S/C29H39N3O5/c1-7-16-30(20-12-10-9-11-13-20)25(34)22-21-14-15-29(37-21)23(22)26(35)32(19(3)18-33)24(29)27(36)31(17-8-2)28(4,5)6/h7-13,19,21-24,33H,1-2,14-18H2,3-6H3/t19-,21+,22-,23+,24?,29?/m1/s1. The Hall–Kier alpha value is -2.97. The van der Waals surface area contributed by atoms with Gasteiger partial charge in [0, 0.05) is 24.3 Å². The molecule has 37 heavy (non-hydrogen) atoms. The Morgan fingerprint density at radius 2 is 1.84 bits per heavy atom. The van der Waals surface area contributed by atoms with Gasteiger partial charge < -0.3 is 24.5 Å². The number of carbonyl (C=O) groups is 3. The Balaban J connectivity index is 1.79. The number of nitrogens with zero attached hydrogens (tertiary/aromatic N) is 3. The number of para-hydroxylation sites is 1. The van der Waals surface area contributed by atoms with E-state index in [1.165, 1.54) is 4.90 Å². The second kappa shape index (κ2) is 10.1. The average molecular weight is 510 g/mol. The second-order valence-electron chi connectivity index (χ2n) is 11.3. The minimum absolute atomic E-state index is 0.209. The smallest absolute Gasteiger partial charge is 0.249 e. The zero-order chi connectivity index (χ0) is 27.1. The largest absolute Gasteiger partial charge is 0.394 e. The van der Waals surface area contributed by atoms with E-state index < -0.39 is 41.2 Å². The quantitative estimate of drug-likeness (QED) is 0.517. The fraction of sp³-hybridized carbons (Fsp3) is 0.552. The monoisotopic (exact) mass is 509 g/mol. The Kier molecular flexibility index (Phi) is 7.36. The first kappa shape index (κ1) is 27.1. The number of rotatable bonds is 9. The van der Waals surface area contributed by atoms with Crippen LogP contribution in [0.3, 0.4) is 0 Å². The van der Waals surface area contributed by atoms with Gasteiger partial charge in [-0.1, -0.05) is 30.4 Å². The highest BCUT2D eigenvalue weighted by Gasteiger charge is 2.75. The van der Waals surface area contributed by atoms with E-state index in [-0.39, 0.29) is 30.9 Å². The summed E-state index contributed by atoms with van der Waals surface area (Å²) in [6, 6.07) is 7.76. The molecule has 0 aliphatic carbocycles. The molecule has 1 aromatic rings. The maximum Gasteiger partial charge on any atom is 0.249 e. The lowest BCUT2D eigenvalue weighted by Gasteiger charge is -2.43. The molecule has 3 amide bonds. The highest BCUT2D eigenvalue weighted by Crippen LogP contribution is 2.59. The van der Waals surface area contributed by atoms with Crippen molar-refractivity contribution in [3.8, 4) is 0 Å². The first-order valence-corrected chi connectivity index (χ1v) is 13.0. The first-order chi connectivity index (χ1) is 17.5. The van der Waals surface area contributed by atoms with Gasteiger partial charge in [0.25, 0.3) is 0 Å². The molecule has 0 radical (unpaired) electrons. The van der Waals surface area contributed by atoms with Crippen LogP contribution in [0.5, 0.6) is 0 Å². The average Bonchev–Trinajstić information content (AvgIpc) is 3.51. The van der Waals surface area contributed by atoms with Crippen molar-refractivity contribution >= 4 is 23.4 Å². The van der Waals surface area contributed by atoms with Crippen molar-refractivity contribution in [1.82, 2.24) is 9.80 Å². The van der Waals surface area contributed by atoms with E-state index in [4.69, 9.17) is 4.74 Å². The third-order valence-electron chi connectivity index (χ3n) is 8.03. The van der Waals surface area contributed by atoms with Gasteiger partial charge in [0.15, 0.2) is 0 Å². The number of hydrogen-bond donors (Lipinski definition) is 1. The molecule has 1 N–H and O–H groups in total. The fourth-order valence-corrected chi connectivity index (χ4v) is 6.42. The van der Waals surface area contributed by atoms with E-state index >= 15 is 0 Å². The summed E-state index contributed by atoms with van der Waals surface area (Å²) in [5, 5.41) is 10.1. The summed E-state index contributed by atoms with van der Waals surface area (Å²) < 4.78 is 6.56. The van der Waals surface area contributed by atoms with Gasteiger partial charge in [-0.3, -0.25) is 14.4 Å². The molecular formula is C29H39N3O5. The number of amides is 3. The summed E-state index contributed by atoms with van der Waals surface area (Å²) in [6.45, 7) is 15.5.